The van der Waals surface area contributed by atoms with Crippen molar-refractivity contribution in [1.82, 2.24) is 5.43 Å². The second-order valence-corrected chi connectivity index (χ2v) is 5.19. The van der Waals surface area contributed by atoms with Gasteiger partial charge in [0.05, 0.1) is 5.71 Å². The van der Waals surface area contributed by atoms with E-state index in [1.54, 1.807) is 24.3 Å². The number of carbonyl (C=O) groups excluding carboxylic acids is 1. The van der Waals surface area contributed by atoms with Gasteiger partial charge in [0.1, 0.15) is 0 Å². The minimum Gasteiger partial charge on any atom is -0.444 e. The zero-order valence-corrected chi connectivity index (χ0v) is 13.0. The van der Waals surface area contributed by atoms with Gasteiger partial charge in [-0.15, -0.1) is 0 Å². The Bertz CT molecular complexity index is 652. The van der Waals surface area contributed by atoms with E-state index in [9.17, 15) is 4.79 Å². The number of benzene rings is 1. The summed E-state index contributed by atoms with van der Waals surface area (Å²) < 4.78 is 5.65. The van der Waals surface area contributed by atoms with Crippen LogP contribution in [0.4, 0.5) is 0 Å². The number of hydrogen-bond donors (Lipinski definition) is 1. The average molecular weight is 356 g/mol. The molecule has 0 atom stereocenters. The minimum atomic E-state index is -0.399. The van der Waals surface area contributed by atoms with Gasteiger partial charge in [-0.3, -0.25) is 4.79 Å². The molecular formula is C14H12BrClN2O2. The van der Waals surface area contributed by atoms with E-state index in [0.29, 0.717) is 16.1 Å². The van der Waals surface area contributed by atoms with Crippen molar-refractivity contribution in [3.05, 3.63) is 57.4 Å². The highest BCUT2D eigenvalue weighted by Gasteiger charge is 2.10. The Kier molecular flexibility index (Phi) is 4.98. The number of nitrogens with one attached hydrogen (secondary N) is 1. The van der Waals surface area contributed by atoms with Crippen molar-refractivity contribution in [2.24, 2.45) is 5.10 Å². The summed E-state index contributed by atoms with van der Waals surface area (Å²) in [5.74, 6) is -0.203. The lowest BCUT2D eigenvalue weighted by molar-refractivity contribution is 0.0926. The summed E-state index contributed by atoms with van der Waals surface area (Å²) in [6.07, 6.45) is 0.669. The van der Waals surface area contributed by atoms with Gasteiger partial charge in [-0.05, 0) is 52.2 Å². The van der Waals surface area contributed by atoms with Crippen LogP contribution in [0.2, 0.25) is 5.02 Å². The fraction of sp³-hybridized carbons (Fsp3) is 0.143. The predicted octanol–water partition coefficient (Wildman–Crippen LogP) is 4.24. The second kappa shape index (κ2) is 6.72. The molecule has 6 heteroatoms. The molecule has 20 heavy (non-hydrogen) atoms. The maximum Gasteiger partial charge on any atom is 0.307 e. The summed E-state index contributed by atoms with van der Waals surface area (Å²) >= 11 is 9.09. The zero-order chi connectivity index (χ0) is 14.5. The van der Waals surface area contributed by atoms with Crippen LogP contribution in [0.1, 0.15) is 29.5 Å². The molecule has 0 aliphatic carbocycles. The molecule has 0 aliphatic heterocycles. The van der Waals surface area contributed by atoms with Crippen LogP contribution in [-0.2, 0) is 0 Å². The average Bonchev–Trinajstić information content (AvgIpc) is 2.86. The molecule has 104 valence electrons. The van der Waals surface area contributed by atoms with E-state index in [1.165, 1.54) is 0 Å². The van der Waals surface area contributed by atoms with Crippen molar-refractivity contribution >= 4 is 39.1 Å². The Labute approximate surface area is 129 Å². The summed E-state index contributed by atoms with van der Waals surface area (Å²) in [6.45, 7) is 1.95. The van der Waals surface area contributed by atoms with Gasteiger partial charge in [0.2, 0.25) is 0 Å². The number of amides is 1. The molecule has 0 saturated heterocycles. The first kappa shape index (κ1) is 14.8. The highest BCUT2D eigenvalue weighted by atomic mass is 79.9. The number of rotatable bonds is 4. The van der Waals surface area contributed by atoms with Crippen LogP contribution in [0.15, 0.2) is 50.6 Å². The molecule has 0 fully saturated rings. The first-order chi connectivity index (χ1) is 9.60. The molecule has 1 aromatic heterocycles. The fourth-order valence-electron chi connectivity index (χ4n) is 1.63. The molecule has 0 bridgehead atoms. The van der Waals surface area contributed by atoms with Crippen molar-refractivity contribution < 1.29 is 9.21 Å². The number of carbonyl (C=O) groups is 1. The molecule has 1 amide bonds. The Morgan fingerprint density at radius 3 is 2.80 bits per heavy atom. The van der Waals surface area contributed by atoms with E-state index in [0.717, 1.165) is 11.3 Å². The monoisotopic (exact) mass is 354 g/mol. The first-order valence-corrected chi connectivity index (χ1v) is 7.15. The third-order valence-corrected chi connectivity index (χ3v) is 3.24. The Morgan fingerprint density at radius 1 is 1.40 bits per heavy atom. The van der Waals surface area contributed by atoms with Gasteiger partial charge in [-0.1, -0.05) is 30.7 Å². The summed E-state index contributed by atoms with van der Waals surface area (Å²) in [5.41, 5.74) is 4.09. The lowest BCUT2D eigenvalue weighted by Crippen LogP contribution is -2.19. The molecule has 1 aromatic carbocycles. The topological polar surface area (TPSA) is 54.6 Å². The third-order valence-electron chi connectivity index (χ3n) is 2.58. The molecule has 0 spiro atoms. The van der Waals surface area contributed by atoms with Gasteiger partial charge in [-0.2, -0.15) is 5.10 Å². The number of nitrogens with zero attached hydrogens (tertiary/aromatic N) is 1. The highest BCUT2D eigenvalue weighted by molar-refractivity contribution is 9.10. The largest absolute Gasteiger partial charge is 0.444 e. The van der Waals surface area contributed by atoms with E-state index >= 15 is 0 Å². The molecule has 0 saturated carbocycles. The Morgan fingerprint density at radius 2 is 2.20 bits per heavy atom. The first-order valence-electron chi connectivity index (χ1n) is 5.98. The molecule has 1 heterocycles. The summed E-state index contributed by atoms with van der Waals surface area (Å²) in [7, 11) is 0. The number of halogens is 2. The molecule has 0 unspecified atom stereocenters. The van der Waals surface area contributed by atoms with Gasteiger partial charge >= 0.3 is 5.91 Å². The molecule has 2 aromatic rings. The van der Waals surface area contributed by atoms with Crippen molar-refractivity contribution in [1.29, 1.82) is 0 Å². The molecule has 2 rings (SSSR count). The standard InChI is InChI=1S/C14H12BrClN2O2/c1-2-11(9-4-3-5-10(16)8-9)17-18-14(19)12-6-7-13(15)20-12/h3-8H,2H2,1H3,(H,18,19). The smallest absolute Gasteiger partial charge is 0.307 e. The van der Waals surface area contributed by atoms with E-state index in [1.807, 2.05) is 19.1 Å². The van der Waals surface area contributed by atoms with Crippen LogP contribution < -0.4 is 5.43 Å². The van der Waals surface area contributed by atoms with Crippen LogP contribution in [-0.4, -0.2) is 11.6 Å². The third kappa shape index (κ3) is 3.71. The van der Waals surface area contributed by atoms with Gasteiger partial charge in [0.15, 0.2) is 10.4 Å². The molecule has 0 radical (unpaired) electrons. The Hall–Kier alpha value is -1.59. The lowest BCUT2D eigenvalue weighted by Gasteiger charge is -2.04. The number of hydrogen-bond acceptors (Lipinski definition) is 3. The quantitative estimate of drug-likeness (QED) is 0.659. The van der Waals surface area contributed by atoms with Gasteiger partial charge in [0, 0.05) is 5.02 Å². The normalized spacial score (nSPS) is 11.4. The minimum absolute atomic E-state index is 0.196. The number of furan rings is 1. The summed E-state index contributed by atoms with van der Waals surface area (Å²) in [5, 5.41) is 4.75. The summed E-state index contributed by atoms with van der Waals surface area (Å²) in [4.78, 5) is 11.8. The van der Waals surface area contributed by atoms with E-state index in [-0.39, 0.29) is 5.76 Å². The second-order valence-electron chi connectivity index (χ2n) is 3.97. The SMILES string of the molecule is CCC(=NNC(=O)c1ccc(Br)o1)c1cccc(Cl)c1. The maximum atomic E-state index is 11.8. The lowest BCUT2D eigenvalue weighted by atomic mass is 10.1. The van der Waals surface area contributed by atoms with E-state index < -0.39 is 5.91 Å². The highest BCUT2D eigenvalue weighted by Crippen LogP contribution is 2.14. The van der Waals surface area contributed by atoms with Crippen LogP contribution in [0.3, 0.4) is 0 Å². The van der Waals surface area contributed by atoms with Crippen molar-refractivity contribution in [3.8, 4) is 0 Å². The fourth-order valence-corrected chi connectivity index (χ4v) is 2.12. The van der Waals surface area contributed by atoms with Crippen molar-refractivity contribution in [2.75, 3.05) is 0 Å². The van der Waals surface area contributed by atoms with Gasteiger partial charge in [0.25, 0.3) is 0 Å². The van der Waals surface area contributed by atoms with E-state index in [4.69, 9.17) is 16.0 Å². The van der Waals surface area contributed by atoms with Crippen LogP contribution in [0.5, 0.6) is 0 Å². The molecule has 0 aliphatic rings. The van der Waals surface area contributed by atoms with Crippen LogP contribution in [0, 0.1) is 0 Å². The molecule has 1 N–H and O–H groups in total. The van der Waals surface area contributed by atoms with Crippen molar-refractivity contribution in [2.45, 2.75) is 13.3 Å². The zero-order valence-electron chi connectivity index (χ0n) is 10.7. The Balaban J connectivity index is 2.14. The van der Waals surface area contributed by atoms with Gasteiger partial charge < -0.3 is 4.42 Å². The molecule has 4 nitrogen and oxygen atoms in total. The number of hydrazone groups is 1. The molecular weight excluding hydrogens is 344 g/mol. The maximum absolute atomic E-state index is 11.8. The van der Waals surface area contributed by atoms with E-state index in [2.05, 4.69) is 26.5 Å². The van der Waals surface area contributed by atoms with Crippen LogP contribution in [0.25, 0.3) is 0 Å². The summed E-state index contributed by atoms with van der Waals surface area (Å²) in [6, 6.07) is 10.5. The predicted molar refractivity (Wildman–Crippen MR) is 82.2 cm³/mol. The van der Waals surface area contributed by atoms with Crippen LogP contribution >= 0.6 is 27.5 Å². The van der Waals surface area contributed by atoms with Gasteiger partial charge in [-0.25, -0.2) is 5.43 Å². The van der Waals surface area contributed by atoms with Crippen molar-refractivity contribution in [3.63, 3.8) is 0 Å².